The molecule has 3 aromatic rings. The number of hydrogen-bond acceptors (Lipinski definition) is 5. The number of carbonyl (C=O) groups excluding carboxylic acids is 1. The first-order valence-corrected chi connectivity index (χ1v) is 12.4. The SMILES string of the molecule is Cc1cccc(NC(=O)N2CCc3nc(-c4ccccc4)nc(N4CC(C)OC(C)C4)c3C2)c1C. The number of amides is 2. The quantitative estimate of drug-likeness (QED) is 0.584. The summed E-state index contributed by atoms with van der Waals surface area (Å²) >= 11 is 0. The topological polar surface area (TPSA) is 70.6 Å². The molecule has 2 unspecified atom stereocenters. The number of nitrogens with one attached hydrogen (secondary N) is 1. The van der Waals surface area contributed by atoms with Gasteiger partial charge in [0.2, 0.25) is 0 Å². The molecule has 0 saturated carbocycles. The molecule has 2 aromatic carbocycles. The second-order valence-electron chi connectivity index (χ2n) is 9.67. The second kappa shape index (κ2) is 9.66. The van der Waals surface area contributed by atoms with Gasteiger partial charge in [0.1, 0.15) is 5.82 Å². The van der Waals surface area contributed by atoms with Crippen LogP contribution in [0.2, 0.25) is 0 Å². The van der Waals surface area contributed by atoms with Gasteiger partial charge in [-0.25, -0.2) is 14.8 Å². The maximum Gasteiger partial charge on any atom is 0.322 e. The second-order valence-corrected chi connectivity index (χ2v) is 9.67. The van der Waals surface area contributed by atoms with Gasteiger partial charge < -0.3 is 19.9 Å². The summed E-state index contributed by atoms with van der Waals surface area (Å²) < 4.78 is 5.98. The first-order valence-electron chi connectivity index (χ1n) is 12.4. The number of hydrogen-bond donors (Lipinski definition) is 1. The monoisotopic (exact) mass is 471 g/mol. The highest BCUT2D eigenvalue weighted by molar-refractivity contribution is 5.90. The lowest BCUT2D eigenvalue weighted by atomic mass is 10.0. The van der Waals surface area contributed by atoms with Crippen LogP contribution in [-0.4, -0.2) is 52.7 Å². The summed E-state index contributed by atoms with van der Waals surface area (Å²) in [5, 5.41) is 3.11. The number of fused-ring (bicyclic) bond motifs is 1. The number of anilines is 2. The van der Waals surface area contributed by atoms with E-state index in [2.05, 4.69) is 37.1 Å². The number of morpholine rings is 1. The maximum absolute atomic E-state index is 13.3. The molecular formula is C28H33N5O2. The minimum Gasteiger partial charge on any atom is -0.372 e. The van der Waals surface area contributed by atoms with E-state index in [4.69, 9.17) is 14.7 Å². The zero-order chi connectivity index (χ0) is 24.5. The predicted molar refractivity (Wildman–Crippen MR) is 139 cm³/mol. The van der Waals surface area contributed by atoms with Crippen molar-refractivity contribution in [1.82, 2.24) is 14.9 Å². The summed E-state index contributed by atoms with van der Waals surface area (Å²) in [6.45, 7) is 10.9. The van der Waals surface area contributed by atoms with E-state index < -0.39 is 0 Å². The Morgan fingerprint density at radius 1 is 1.00 bits per heavy atom. The van der Waals surface area contributed by atoms with Gasteiger partial charge in [0, 0.05) is 42.9 Å². The molecule has 1 saturated heterocycles. The van der Waals surface area contributed by atoms with Crippen molar-refractivity contribution in [3.63, 3.8) is 0 Å². The van der Waals surface area contributed by atoms with Crippen LogP contribution in [0.4, 0.5) is 16.3 Å². The normalized spacial score (nSPS) is 19.9. The smallest absolute Gasteiger partial charge is 0.322 e. The zero-order valence-corrected chi connectivity index (χ0v) is 20.9. The highest BCUT2D eigenvalue weighted by atomic mass is 16.5. The Bertz CT molecular complexity index is 1220. The number of aryl methyl sites for hydroxylation is 1. The van der Waals surface area contributed by atoms with Gasteiger partial charge in [-0.2, -0.15) is 0 Å². The van der Waals surface area contributed by atoms with Gasteiger partial charge in [0.05, 0.1) is 24.4 Å². The molecule has 0 radical (unpaired) electrons. The van der Waals surface area contributed by atoms with E-state index in [0.29, 0.717) is 19.5 Å². The minimum atomic E-state index is -0.0915. The zero-order valence-electron chi connectivity index (χ0n) is 20.9. The van der Waals surface area contributed by atoms with Gasteiger partial charge in [0.15, 0.2) is 5.82 Å². The molecule has 2 aliphatic heterocycles. The summed E-state index contributed by atoms with van der Waals surface area (Å²) in [4.78, 5) is 27.4. The van der Waals surface area contributed by atoms with Gasteiger partial charge in [-0.05, 0) is 44.9 Å². The lowest BCUT2D eigenvalue weighted by Crippen LogP contribution is -2.47. The first kappa shape index (κ1) is 23.3. The molecule has 2 amide bonds. The molecule has 7 heteroatoms. The third-order valence-corrected chi connectivity index (χ3v) is 6.92. The molecule has 0 bridgehead atoms. The van der Waals surface area contributed by atoms with Gasteiger partial charge in [-0.1, -0.05) is 42.5 Å². The molecule has 35 heavy (non-hydrogen) atoms. The minimum absolute atomic E-state index is 0.0915. The molecule has 7 nitrogen and oxygen atoms in total. The average molecular weight is 472 g/mol. The van der Waals surface area contributed by atoms with Crippen LogP contribution in [0.3, 0.4) is 0 Å². The number of carbonyl (C=O) groups is 1. The third-order valence-electron chi connectivity index (χ3n) is 6.92. The average Bonchev–Trinajstić information content (AvgIpc) is 2.85. The van der Waals surface area contributed by atoms with Crippen LogP contribution >= 0.6 is 0 Å². The van der Waals surface area contributed by atoms with Crippen LogP contribution in [0.1, 0.15) is 36.2 Å². The highest BCUT2D eigenvalue weighted by Gasteiger charge is 2.31. The van der Waals surface area contributed by atoms with E-state index in [9.17, 15) is 4.79 Å². The van der Waals surface area contributed by atoms with E-state index in [-0.39, 0.29) is 18.2 Å². The number of urea groups is 1. The summed E-state index contributed by atoms with van der Waals surface area (Å²) in [7, 11) is 0. The summed E-state index contributed by atoms with van der Waals surface area (Å²) in [6, 6.07) is 16.0. The van der Waals surface area contributed by atoms with Crippen LogP contribution in [0.5, 0.6) is 0 Å². The lowest BCUT2D eigenvalue weighted by Gasteiger charge is -2.39. The Hall–Kier alpha value is -3.45. The van der Waals surface area contributed by atoms with E-state index in [1.807, 2.05) is 54.3 Å². The Labute approximate surface area is 207 Å². The summed E-state index contributed by atoms with van der Waals surface area (Å²) in [5.41, 5.74) is 6.16. The van der Waals surface area contributed by atoms with Gasteiger partial charge in [-0.15, -0.1) is 0 Å². The van der Waals surface area contributed by atoms with Crippen LogP contribution in [0.15, 0.2) is 48.5 Å². The van der Waals surface area contributed by atoms with E-state index in [1.54, 1.807) is 0 Å². The molecule has 182 valence electrons. The molecular weight excluding hydrogens is 438 g/mol. The van der Waals surface area contributed by atoms with Gasteiger partial charge in [-0.3, -0.25) is 0 Å². The molecule has 0 aliphatic carbocycles. The Balaban J connectivity index is 1.48. The third kappa shape index (κ3) is 4.86. The van der Waals surface area contributed by atoms with Gasteiger partial charge >= 0.3 is 6.03 Å². The van der Waals surface area contributed by atoms with E-state index >= 15 is 0 Å². The van der Waals surface area contributed by atoms with Crippen molar-refractivity contribution in [3.8, 4) is 11.4 Å². The molecule has 2 atom stereocenters. The van der Waals surface area contributed by atoms with Crippen LogP contribution in [0.25, 0.3) is 11.4 Å². The fourth-order valence-electron chi connectivity index (χ4n) is 4.98. The van der Waals surface area contributed by atoms with Crippen molar-refractivity contribution in [3.05, 3.63) is 70.9 Å². The van der Waals surface area contributed by atoms with Crippen LogP contribution < -0.4 is 10.2 Å². The van der Waals surface area contributed by atoms with Crippen molar-refractivity contribution in [2.45, 2.75) is 52.9 Å². The summed E-state index contributed by atoms with van der Waals surface area (Å²) in [6.07, 6.45) is 0.911. The number of rotatable bonds is 3. The van der Waals surface area contributed by atoms with Crippen molar-refractivity contribution >= 4 is 17.5 Å². The Kier molecular flexibility index (Phi) is 6.43. The summed E-state index contributed by atoms with van der Waals surface area (Å²) in [5.74, 6) is 1.65. The van der Waals surface area contributed by atoms with Crippen molar-refractivity contribution in [2.75, 3.05) is 29.9 Å². The first-order chi connectivity index (χ1) is 16.9. The molecule has 1 aromatic heterocycles. The standard InChI is InChI=1S/C28H33N5O2/c1-18-9-8-12-24(21(18)4)30-28(34)32-14-13-25-23(17-32)27(33-15-19(2)35-20(3)16-33)31-26(29-25)22-10-6-5-7-11-22/h5-12,19-20H,13-17H2,1-4H3,(H,30,34). The lowest BCUT2D eigenvalue weighted by molar-refractivity contribution is -0.00556. The molecule has 0 spiro atoms. The molecule has 3 heterocycles. The highest BCUT2D eigenvalue weighted by Crippen LogP contribution is 2.32. The predicted octanol–water partition coefficient (Wildman–Crippen LogP) is 4.96. The van der Waals surface area contributed by atoms with Gasteiger partial charge in [0.25, 0.3) is 0 Å². The van der Waals surface area contributed by atoms with Crippen molar-refractivity contribution in [2.24, 2.45) is 0 Å². The number of aromatic nitrogens is 2. The number of ether oxygens (including phenoxy) is 1. The van der Waals surface area contributed by atoms with Crippen molar-refractivity contribution < 1.29 is 9.53 Å². The Morgan fingerprint density at radius 2 is 1.74 bits per heavy atom. The molecule has 1 fully saturated rings. The van der Waals surface area contributed by atoms with Crippen LogP contribution in [0, 0.1) is 13.8 Å². The Morgan fingerprint density at radius 3 is 2.49 bits per heavy atom. The number of nitrogens with zero attached hydrogens (tertiary/aromatic N) is 4. The van der Waals surface area contributed by atoms with E-state index in [1.165, 1.54) is 0 Å². The molecule has 2 aliphatic rings. The van der Waals surface area contributed by atoms with Crippen LogP contribution in [-0.2, 0) is 17.7 Å². The van der Waals surface area contributed by atoms with E-state index in [0.717, 1.165) is 58.4 Å². The fraction of sp³-hybridized carbons (Fsp3) is 0.393. The maximum atomic E-state index is 13.3. The molecule has 5 rings (SSSR count). The van der Waals surface area contributed by atoms with Crippen molar-refractivity contribution in [1.29, 1.82) is 0 Å². The number of benzene rings is 2. The fourth-order valence-corrected chi connectivity index (χ4v) is 4.98. The molecule has 1 N–H and O–H groups in total. The largest absolute Gasteiger partial charge is 0.372 e.